The van der Waals surface area contributed by atoms with E-state index in [4.69, 9.17) is 16.3 Å². The summed E-state index contributed by atoms with van der Waals surface area (Å²) in [5.41, 5.74) is 2.66. The van der Waals surface area contributed by atoms with E-state index in [1.165, 1.54) is 17.4 Å². The maximum atomic E-state index is 12.2. The number of nitrogens with zero attached hydrogens (tertiary/aromatic N) is 2. The van der Waals surface area contributed by atoms with Crippen LogP contribution in [0.5, 0.6) is 5.75 Å². The van der Waals surface area contributed by atoms with Crippen LogP contribution in [0.15, 0.2) is 48.7 Å². The highest BCUT2D eigenvalue weighted by Gasteiger charge is 2.26. The van der Waals surface area contributed by atoms with Crippen molar-refractivity contribution in [1.29, 1.82) is 0 Å². The summed E-state index contributed by atoms with van der Waals surface area (Å²) in [4.78, 5) is 25.5. The highest BCUT2D eigenvalue weighted by molar-refractivity contribution is 7.17. The molecule has 5 nitrogen and oxygen atoms in total. The summed E-state index contributed by atoms with van der Waals surface area (Å²) in [7, 11) is 0. The summed E-state index contributed by atoms with van der Waals surface area (Å²) in [5, 5.41) is 8.26. The molecule has 0 spiro atoms. The number of hydrogen-bond acceptors (Lipinski definition) is 6. The lowest BCUT2D eigenvalue weighted by atomic mass is 10.0. The Morgan fingerprint density at radius 1 is 1.30 bits per heavy atom. The second-order valence-corrected chi connectivity index (χ2v) is 8.59. The zero-order valence-electron chi connectivity index (χ0n) is 16.3. The molecule has 1 unspecified atom stereocenters. The third kappa shape index (κ3) is 4.66. The minimum Gasteiger partial charge on any atom is -0.488 e. The molecule has 0 saturated heterocycles. The molecular formula is C23H19ClN2O3S. The van der Waals surface area contributed by atoms with Gasteiger partial charge in [0.05, 0.1) is 15.6 Å². The van der Waals surface area contributed by atoms with Gasteiger partial charge in [-0.2, -0.15) is 10.2 Å². The van der Waals surface area contributed by atoms with Crippen molar-refractivity contribution in [3.63, 3.8) is 0 Å². The molecule has 1 aliphatic rings. The van der Waals surface area contributed by atoms with E-state index in [1.807, 2.05) is 18.2 Å². The number of carbonyl (C=O) groups is 2. The summed E-state index contributed by atoms with van der Waals surface area (Å²) < 4.78 is 6.00. The van der Waals surface area contributed by atoms with Gasteiger partial charge in [-0.25, -0.2) is 0 Å². The Balaban J connectivity index is 1.39. The Labute approximate surface area is 183 Å². The summed E-state index contributed by atoms with van der Waals surface area (Å²) >= 11 is 7.92. The maximum absolute atomic E-state index is 12.2. The van der Waals surface area contributed by atoms with Crippen LogP contribution in [-0.2, 0) is 11.2 Å². The number of thiophene rings is 1. The zero-order chi connectivity index (χ0) is 21.1. The van der Waals surface area contributed by atoms with E-state index in [0.29, 0.717) is 35.7 Å². The van der Waals surface area contributed by atoms with Gasteiger partial charge in [0.15, 0.2) is 11.6 Å². The molecule has 1 atom stereocenters. The van der Waals surface area contributed by atoms with Crippen molar-refractivity contribution in [1.82, 2.24) is 10.2 Å². The van der Waals surface area contributed by atoms with Crippen molar-refractivity contribution in [2.45, 2.75) is 32.3 Å². The predicted octanol–water partition coefficient (Wildman–Crippen LogP) is 5.43. The van der Waals surface area contributed by atoms with Gasteiger partial charge in [-0.3, -0.25) is 9.59 Å². The third-order valence-electron chi connectivity index (χ3n) is 4.84. The second-order valence-electron chi connectivity index (χ2n) is 7.10. The number of rotatable bonds is 7. The molecule has 0 radical (unpaired) electrons. The van der Waals surface area contributed by atoms with Crippen molar-refractivity contribution in [3.8, 4) is 16.2 Å². The number of ketones is 2. The van der Waals surface area contributed by atoms with Crippen LogP contribution in [0.3, 0.4) is 0 Å². The number of Topliss-reactive ketones (excluding diaryl/α,β-unsaturated/α-hetero) is 1. The van der Waals surface area contributed by atoms with Crippen molar-refractivity contribution < 1.29 is 14.3 Å². The molecule has 7 heteroatoms. The van der Waals surface area contributed by atoms with Gasteiger partial charge in [0, 0.05) is 29.5 Å². The van der Waals surface area contributed by atoms with Crippen LogP contribution in [0.1, 0.15) is 40.7 Å². The number of halogens is 1. The molecular weight excluding hydrogens is 420 g/mol. The minimum absolute atomic E-state index is 0.0161. The fourth-order valence-corrected chi connectivity index (χ4v) is 4.51. The molecule has 2 aromatic heterocycles. The Morgan fingerprint density at radius 3 is 2.90 bits per heavy atom. The van der Waals surface area contributed by atoms with Crippen molar-refractivity contribution in [3.05, 3.63) is 69.8 Å². The zero-order valence-corrected chi connectivity index (χ0v) is 17.9. The molecule has 152 valence electrons. The van der Waals surface area contributed by atoms with Crippen LogP contribution in [0, 0.1) is 0 Å². The molecule has 3 aromatic rings. The van der Waals surface area contributed by atoms with Gasteiger partial charge in [0.1, 0.15) is 11.9 Å². The monoisotopic (exact) mass is 438 g/mol. The highest BCUT2D eigenvalue weighted by atomic mass is 35.5. The molecule has 0 bridgehead atoms. The second kappa shape index (κ2) is 8.90. The van der Waals surface area contributed by atoms with E-state index < -0.39 is 0 Å². The van der Waals surface area contributed by atoms with Gasteiger partial charge in [-0.05, 0) is 67.5 Å². The van der Waals surface area contributed by atoms with E-state index >= 15 is 0 Å². The Kier molecular flexibility index (Phi) is 6.06. The van der Waals surface area contributed by atoms with Crippen molar-refractivity contribution in [2.75, 3.05) is 0 Å². The predicted molar refractivity (Wildman–Crippen MR) is 118 cm³/mol. The minimum atomic E-state index is -0.0854. The van der Waals surface area contributed by atoms with E-state index in [1.54, 1.807) is 31.3 Å². The van der Waals surface area contributed by atoms with Gasteiger partial charge < -0.3 is 4.74 Å². The highest BCUT2D eigenvalue weighted by Crippen LogP contribution is 2.41. The summed E-state index contributed by atoms with van der Waals surface area (Å²) in [5.74, 6) is 0.763. The fraction of sp³-hybridized carbons (Fsp3) is 0.217. The number of aromatic nitrogens is 2. The van der Waals surface area contributed by atoms with Crippen LogP contribution >= 0.6 is 22.9 Å². The van der Waals surface area contributed by atoms with Gasteiger partial charge in [0.2, 0.25) is 0 Å². The van der Waals surface area contributed by atoms with E-state index in [2.05, 4.69) is 16.3 Å². The Morgan fingerprint density at radius 2 is 2.17 bits per heavy atom. The molecule has 0 amide bonds. The summed E-state index contributed by atoms with van der Waals surface area (Å²) in [6.07, 6.45) is 6.39. The van der Waals surface area contributed by atoms with Crippen molar-refractivity contribution >= 4 is 40.6 Å². The molecule has 0 N–H and O–H groups in total. The van der Waals surface area contributed by atoms with Crippen LogP contribution in [0.4, 0.5) is 0 Å². The topological polar surface area (TPSA) is 69.2 Å². The standard InChI is InChI=1S/C23H19ClN2O3S/c1-14(27)21-8-9-22(30-21)15-11-16-12-19(29-23(16)20(24)13-15)7-6-18(28)5-4-17-3-2-10-25-26-17/h2-5,8-11,13,19H,6-7,12H2,1H3/b5-4+. The van der Waals surface area contributed by atoms with Crippen LogP contribution in [0.25, 0.3) is 16.5 Å². The maximum Gasteiger partial charge on any atom is 0.169 e. The number of fused-ring (bicyclic) bond motifs is 1. The third-order valence-corrected chi connectivity index (χ3v) is 6.35. The van der Waals surface area contributed by atoms with Gasteiger partial charge in [-0.15, -0.1) is 11.3 Å². The average molecular weight is 439 g/mol. The lowest BCUT2D eigenvalue weighted by Crippen LogP contribution is -2.14. The molecule has 0 saturated carbocycles. The van der Waals surface area contributed by atoms with E-state index in [0.717, 1.165) is 20.9 Å². The molecule has 0 aliphatic carbocycles. The number of carbonyl (C=O) groups excluding carboxylic acids is 2. The lowest BCUT2D eigenvalue weighted by Gasteiger charge is -2.10. The molecule has 4 rings (SSSR count). The number of allylic oxidation sites excluding steroid dienone is 1. The van der Waals surface area contributed by atoms with Gasteiger partial charge >= 0.3 is 0 Å². The van der Waals surface area contributed by atoms with Gasteiger partial charge in [0.25, 0.3) is 0 Å². The molecule has 0 fully saturated rings. The quantitative estimate of drug-likeness (QED) is 0.363. The van der Waals surface area contributed by atoms with Gasteiger partial charge in [-0.1, -0.05) is 11.6 Å². The first-order valence-electron chi connectivity index (χ1n) is 9.58. The Hall–Kier alpha value is -2.83. The van der Waals surface area contributed by atoms with E-state index in [9.17, 15) is 9.59 Å². The lowest BCUT2D eigenvalue weighted by molar-refractivity contribution is -0.115. The summed E-state index contributed by atoms with van der Waals surface area (Å²) in [6.45, 7) is 1.56. The Bertz CT molecular complexity index is 1120. The fourth-order valence-electron chi connectivity index (χ4n) is 3.34. The van der Waals surface area contributed by atoms with Crippen LogP contribution in [0.2, 0.25) is 5.02 Å². The molecule has 3 heterocycles. The average Bonchev–Trinajstić information content (AvgIpc) is 3.39. The summed E-state index contributed by atoms with van der Waals surface area (Å²) in [6, 6.07) is 11.3. The largest absolute Gasteiger partial charge is 0.488 e. The normalized spacial score (nSPS) is 15.2. The number of benzene rings is 1. The SMILES string of the molecule is CC(=O)c1ccc(-c2cc(Cl)c3c(c2)CC(CCC(=O)/C=C/c2cccnn2)O3)s1. The first-order chi connectivity index (χ1) is 14.5. The van der Waals surface area contributed by atoms with Crippen LogP contribution in [-0.4, -0.2) is 27.9 Å². The number of hydrogen-bond donors (Lipinski definition) is 0. The van der Waals surface area contributed by atoms with E-state index in [-0.39, 0.29) is 17.7 Å². The number of ether oxygens (including phenoxy) is 1. The molecule has 1 aliphatic heterocycles. The smallest absolute Gasteiger partial charge is 0.169 e. The molecule has 1 aromatic carbocycles. The van der Waals surface area contributed by atoms with Crippen molar-refractivity contribution in [2.24, 2.45) is 0 Å². The molecule has 30 heavy (non-hydrogen) atoms. The first kappa shape index (κ1) is 20.4. The first-order valence-corrected chi connectivity index (χ1v) is 10.8. The van der Waals surface area contributed by atoms with Crippen LogP contribution < -0.4 is 4.74 Å².